The number of rotatable bonds is 7. The van der Waals surface area contributed by atoms with Crippen molar-refractivity contribution in [1.82, 2.24) is 8.75 Å². The van der Waals surface area contributed by atoms with E-state index in [4.69, 9.17) is 9.47 Å². The van der Waals surface area contributed by atoms with Crippen molar-refractivity contribution < 1.29 is 24.2 Å². The van der Waals surface area contributed by atoms with Gasteiger partial charge in [-0.3, -0.25) is 4.79 Å². The van der Waals surface area contributed by atoms with Crippen molar-refractivity contribution in [3.8, 4) is 5.75 Å². The number of aliphatic hydroxyl groups is 1. The zero-order chi connectivity index (χ0) is 28.8. The number of nitrogens with zero attached hydrogens (tertiary/aromatic N) is 2. The predicted octanol–water partition coefficient (Wildman–Crippen LogP) is 6.38. The number of aldehydes is 1. The van der Waals surface area contributed by atoms with E-state index < -0.39 is 11.8 Å². The third-order valence-electron chi connectivity index (χ3n) is 6.47. The normalized spacial score (nSPS) is 16.3. The van der Waals surface area contributed by atoms with Crippen LogP contribution < -0.4 is 4.74 Å². The molecule has 41 heavy (non-hydrogen) atoms. The molecule has 1 aromatic heterocycles. The van der Waals surface area contributed by atoms with Crippen LogP contribution in [-0.4, -0.2) is 32.2 Å². The molecule has 0 radical (unpaired) electrons. The van der Waals surface area contributed by atoms with Crippen molar-refractivity contribution in [2.24, 2.45) is 0 Å². The molecule has 0 amide bonds. The number of aromatic nitrogens is 2. The van der Waals surface area contributed by atoms with Gasteiger partial charge in [0, 0.05) is 23.1 Å². The number of benzene rings is 4. The first-order valence-electron chi connectivity index (χ1n) is 13.1. The summed E-state index contributed by atoms with van der Waals surface area (Å²) < 4.78 is 19.9. The molecule has 0 aliphatic carbocycles. The van der Waals surface area contributed by atoms with Crippen molar-refractivity contribution in [1.29, 1.82) is 0 Å². The van der Waals surface area contributed by atoms with E-state index in [0.717, 1.165) is 34.7 Å². The maximum Gasteiger partial charge on any atom is 0.342 e. The third-order valence-corrected chi connectivity index (χ3v) is 7.03. The molecule has 1 N–H and O–H groups in total. The van der Waals surface area contributed by atoms with Gasteiger partial charge in [-0.1, -0.05) is 66.7 Å². The van der Waals surface area contributed by atoms with Gasteiger partial charge < -0.3 is 14.6 Å². The highest BCUT2D eigenvalue weighted by Gasteiger charge is 2.48. The second kappa shape index (κ2) is 12.2. The SMILES string of the molecule is CC(C)Oc1ccc(C2(O)OC(=O)C(c3ccc4nsnc4c3)=C2Cc2ccccc2)cc1.O=Cc1ccccc1. The van der Waals surface area contributed by atoms with Crippen LogP contribution in [0.3, 0.4) is 0 Å². The summed E-state index contributed by atoms with van der Waals surface area (Å²) in [6.07, 6.45) is 1.20. The Morgan fingerprint density at radius 2 is 1.56 bits per heavy atom. The molecule has 1 atom stereocenters. The summed E-state index contributed by atoms with van der Waals surface area (Å²) in [5.74, 6) is -1.79. The van der Waals surface area contributed by atoms with Crippen LogP contribution in [0.5, 0.6) is 5.75 Å². The molecule has 4 aromatic carbocycles. The molecule has 8 heteroatoms. The van der Waals surface area contributed by atoms with Crippen LogP contribution in [0.2, 0.25) is 0 Å². The highest BCUT2D eigenvalue weighted by Crippen LogP contribution is 2.45. The molecule has 0 bridgehead atoms. The molecule has 6 rings (SSSR count). The lowest BCUT2D eigenvalue weighted by atomic mass is 9.88. The Hall–Kier alpha value is -4.66. The van der Waals surface area contributed by atoms with Gasteiger partial charge in [-0.05, 0) is 61.4 Å². The number of ether oxygens (including phenoxy) is 2. The largest absolute Gasteiger partial charge is 0.491 e. The summed E-state index contributed by atoms with van der Waals surface area (Å²) in [6.45, 7) is 3.89. The highest BCUT2D eigenvalue weighted by atomic mass is 32.1. The molecule has 2 heterocycles. The van der Waals surface area contributed by atoms with Gasteiger partial charge in [0.25, 0.3) is 5.79 Å². The Kier molecular flexibility index (Phi) is 8.33. The number of carbonyl (C=O) groups is 2. The van der Waals surface area contributed by atoms with Crippen LogP contribution in [0.4, 0.5) is 0 Å². The predicted molar refractivity (Wildman–Crippen MR) is 159 cm³/mol. The Balaban J connectivity index is 0.000000365. The van der Waals surface area contributed by atoms with Crippen molar-refractivity contribution in [3.63, 3.8) is 0 Å². The lowest BCUT2D eigenvalue weighted by Crippen LogP contribution is -2.29. The minimum atomic E-state index is -1.89. The van der Waals surface area contributed by atoms with E-state index >= 15 is 0 Å². The zero-order valence-corrected chi connectivity index (χ0v) is 23.4. The molecule has 0 spiro atoms. The molecule has 0 fully saturated rings. The van der Waals surface area contributed by atoms with Gasteiger partial charge in [0.15, 0.2) is 0 Å². The van der Waals surface area contributed by atoms with Crippen LogP contribution in [0.15, 0.2) is 109 Å². The molecule has 1 aliphatic heterocycles. The van der Waals surface area contributed by atoms with Crippen LogP contribution >= 0.6 is 11.7 Å². The first-order chi connectivity index (χ1) is 19.9. The maximum absolute atomic E-state index is 13.2. The number of carbonyl (C=O) groups excluding carboxylic acids is 2. The zero-order valence-electron chi connectivity index (χ0n) is 22.6. The number of cyclic esters (lactones) is 1. The quantitative estimate of drug-likeness (QED) is 0.181. The van der Waals surface area contributed by atoms with E-state index in [1.807, 2.05) is 80.6 Å². The number of fused-ring (bicyclic) bond motifs is 1. The molecule has 206 valence electrons. The molecule has 5 aromatic rings. The van der Waals surface area contributed by atoms with E-state index in [2.05, 4.69) is 8.75 Å². The Labute approximate surface area is 242 Å². The van der Waals surface area contributed by atoms with Crippen LogP contribution in [0.1, 0.15) is 40.9 Å². The minimum Gasteiger partial charge on any atom is -0.491 e. The van der Waals surface area contributed by atoms with Gasteiger partial charge in [0.1, 0.15) is 23.1 Å². The molecule has 7 nitrogen and oxygen atoms in total. The lowest BCUT2D eigenvalue weighted by molar-refractivity contribution is -0.185. The van der Waals surface area contributed by atoms with Gasteiger partial charge >= 0.3 is 5.97 Å². The number of hydrogen-bond donors (Lipinski definition) is 1. The van der Waals surface area contributed by atoms with Crippen LogP contribution in [0, 0.1) is 0 Å². The van der Waals surface area contributed by atoms with Gasteiger partial charge in [-0.2, -0.15) is 8.75 Å². The molecular formula is C33H28N2O5S. The van der Waals surface area contributed by atoms with E-state index in [1.54, 1.807) is 36.4 Å². The fourth-order valence-electron chi connectivity index (χ4n) is 4.57. The Bertz CT molecular complexity index is 1680. The van der Waals surface area contributed by atoms with Crippen molar-refractivity contribution in [2.45, 2.75) is 32.2 Å². The summed E-state index contributed by atoms with van der Waals surface area (Å²) in [5, 5.41) is 11.8. The summed E-state index contributed by atoms with van der Waals surface area (Å²) in [7, 11) is 0. The van der Waals surface area contributed by atoms with E-state index in [-0.39, 0.29) is 6.10 Å². The molecule has 1 unspecified atom stereocenters. The van der Waals surface area contributed by atoms with E-state index in [1.165, 1.54) is 0 Å². The summed E-state index contributed by atoms with van der Waals surface area (Å²) in [5.41, 5.74) is 5.08. The molecule has 0 saturated carbocycles. The van der Waals surface area contributed by atoms with Gasteiger partial charge in [-0.15, -0.1) is 0 Å². The first-order valence-corrected chi connectivity index (χ1v) is 13.8. The fraction of sp³-hybridized carbons (Fsp3) is 0.152. The maximum atomic E-state index is 13.2. The minimum absolute atomic E-state index is 0.0264. The lowest BCUT2D eigenvalue weighted by Gasteiger charge is -2.26. The third kappa shape index (κ3) is 6.24. The van der Waals surface area contributed by atoms with E-state index in [9.17, 15) is 14.7 Å². The monoisotopic (exact) mass is 564 g/mol. The van der Waals surface area contributed by atoms with Crippen LogP contribution in [-0.2, 0) is 21.7 Å². The molecule has 0 saturated heterocycles. The molecule has 1 aliphatic rings. The van der Waals surface area contributed by atoms with Crippen molar-refractivity contribution in [3.05, 3.63) is 131 Å². The Morgan fingerprint density at radius 3 is 2.20 bits per heavy atom. The second-order valence-electron chi connectivity index (χ2n) is 9.74. The summed E-state index contributed by atoms with van der Waals surface area (Å²) >= 11 is 1.12. The second-order valence-corrected chi connectivity index (χ2v) is 10.3. The number of hydrogen-bond acceptors (Lipinski definition) is 8. The smallest absolute Gasteiger partial charge is 0.342 e. The molecular weight excluding hydrogens is 536 g/mol. The van der Waals surface area contributed by atoms with E-state index in [0.29, 0.717) is 40.0 Å². The van der Waals surface area contributed by atoms with Crippen LogP contribution in [0.25, 0.3) is 16.6 Å². The summed E-state index contributed by atoms with van der Waals surface area (Å²) in [6, 6.07) is 31.2. The Morgan fingerprint density at radius 1 is 0.902 bits per heavy atom. The average molecular weight is 565 g/mol. The standard InChI is InChI=1S/C26H22N2O4S.C7H6O/c1-16(2)31-20-11-9-19(10-12-20)26(30)21(14-17-6-4-3-5-7-17)24(25(29)32-26)18-8-13-22-23(15-18)28-33-27-22;8-6-7-4-2-1-3-5-7/h3-13,15-16,30H,14H2,1-2H3;1-6H. The fourth-order valence-corrected chi connectivity index (χ4v) is 5.09. The highest BCUT2D eigenvalue weighted by molar-refractivity contribution is 7.00. The van der Waals surface area contributed by atoms with Crippen molar-refractivity contribution >= 4 is 40.6 Å². The van der Waals surface area contributed by atoms with Gasteiger partial charge in [0.2, 0.25) is 0 Å². The topological polar surface area (TPSA) is 98.6 Å². The number of esters is 1. The summed E-state index contributed by atoms with van der Waals surface area (Å²) in [4.78, 5) is 23.2. The average Bonchev–Trinajstić information content (AvgIpc) is 3.56. The van der Waals surface area contributed by atoms with Gasteiger partial charge in [0.05, 0.1) is 23.4 Å². The first kappa shape index (κ1) is 27.9. The van der Waals surface area contributed by atoms with Gasteiger partial charge in [-0.25, -0.2) is 4.79 Å². The van der Waals surface area contributed by atoms with Crippen molar-refractivity contribution in [2.75, 3.05) is 0 Å².